The third kappa shape index (κ3) is 2.53. The first kappa shape index (κ1) is 12.2. The molecule has 18 heavy (non-hydrogen) atoms. The lowest BCUT2D eigenvalue weighted by Gasteiger charge is -2.41. The van der Waals surface area contributed by atoms with Crippen LogP contribution in [0.25, 0.3) is 0 Å². The minimum atomic E-state index is -0.885. The third-order valence-corrected chi connectivity index (χ3v) is 3.03. The maximum absolute atomic E-state index is 10.8. The molecular weight excluding hydrogens is 240 g/mol. The Bertz CT molecular complexity index is 469. The molecule has 1 heterocycles. The quantitative estimate of drug-likeness (QED) is 0.596. The predicted molar refractivity (Wildman–Crippen MR) is 61.1 cm³/mol. The van der Waals surface area contributed by atoms with Gasteiger partial charge in [0.25, 0.3) is 0 Å². The maximum atomic E-state index is 10.8. The van der Waals surface area contributed by atoms with E-state index in [1.807, 2.05) is 0 Å². The van der Waals surface area contributed by atoms with E-state index in [-0.39, 0.29) is 18.1 Å². The molecule has 0 aliphatic heterocycles. The fourth-order valence-electron chi connectivity index (χ4n) is 1.96. The number of aliphatic carboxylic acids is 1. The van der Waals surface area contributed by atoms with Crippen LogP contribution in [-0.4, -0.2) is 31.5 Å². The summed E-state index contributed by atoms with van der Waals surface area (Å²) in [5, 5.41) is 22.2. The Labute approximate surface area is 102 Å². The molecule has 0 amide bonds. The minimum absolute atomic E-state index is 0.00660. The van der Waals surface area contributed by atoms with Crippen molar-refractivity contribution in [3.63, 3.8) is 0 Å². The Kier molecular flexibility index (Phi) is 3.09. The van der Waals surface area contributed by atoms with Crippen LogP contribution in [0.4, 0.5) is 11.6 Å². The van der Waals surface area contributed by atoms with Crippen LogP contribution in [0.2, 0.25) is 0 Å². The fraction of sp³-hybridized carbons (Fsp3) is 0.500. The van der Waals surface area contributed by atoms with Gasteiger partial charge in [0.1, 0.15) is 12.4 Å². The van der Waals surface area contributed by atoms with E-state index in [0.29, 0.717) is 0 Å². The van der Waals surface area contributed by atoms with Gasteiger partial charge in [0, 0.05) is 0 Å². The fourth-order valence-corrected chi connectivity index (χ4v) is 1.96. The molecule has 1 aliphatic carbocycles. The molecule has 1 aliphatic rings. The zero-order valence-corrected chi connectivity index (χ0v) is 9.50. The molecule has 0 bridgehead atoms. The summed E-state index contributed by atoms with van der Waals surface area (Å²) in [6, 6.07) is 0. The molecule has 1 aromatic heterocycles. The van der Waals surface area contributed by atoms with Gasteiger partial charge in [0.15, 0.2) is 0 Å². The van der Waals surface area contributed by atoms with Crippen molar-refractivity contribution < 1.29 is 14.8 Å². The second-order valence-corrected chi connectivity index (χ2v) is 4.35. The highest BCUT2D eigenvalue weighted by atomic mass is 16.6. The summed E-state index contributed by atoms with van der Waals surface area (Å²) in [7, 11) is 0. The van der Waals surface area contributed by atoms with Crippen molar-refractivity contribution in [3.8, 4) is 0 Å². The second kappa shape index (κ2) is 4.55. The number of rotatable bonds is 5. The minimum Gasteiger partial charge on any atom is -0.481 e. The molecule has 1 aromatic rings. The van der Waals surface area contributed by atoms with Crippen LogP contribution in [0.3, 0.4) is 0 Å². The van der Waals surface area contributed by atoms with Gasteiger partial charge in [0.2, 0.25) is 5.95 Å². The number of carboxylic acid groups (broad SMARTS) is 1. The van der Waals surface area contributed by atoms with Gasteiger partial charge in [-0.25, -0.2) is 9.97 Å². The van der Waals surface area contributed by atoms with Gasteiger partial charge in [-0.1, -0.05) is 0 Å². The summed E-state index contributed by atoms with van der Waals surface area (Å²) in [4.78, 5) is 28.3. The van der Waals surface area contributed by atoms with Crippen molar-refractivity contribution in [1.29, 1.82) is 0 Å². The SMILES string of the molecule is O=C(O)CC1(Nc2ncc([N+](=O)[O-])cn2)CCC1. The van der Waals surface area contributed by atoms with E-state index in [1.165, 1.54) is 0 Å². The highest BCUT2D eigenvalue weighted by Gasteiger charge is 2.39. The Morgan fingerprint density at radius 2 is 2.11 bits per heavy atom. The smallest absolute Gasteiger partial charge is 0.305 e. The number of nitrogens with one attached hydrogen (secondary N) is 1. The molecule has 8 heteroatoms. The zero-order valence-electron chi connectivity index (χ0n) is 9.50. The molecule has 1 fully saturated rings. The third-order valence-electron chi connectivity index (χ3n) is 3.03. The van der Waals surface area contributed by atoms with Gasteiger partial charge in [0.05, 0.1) is 16.9 Å². The lowest BCUT2D eigenvalue weighted by molar-refractivity contribution is -0.385. The Morgan fingerprint density at radius 3 is 2.50 bits per heavy atom. The first-order valence-electron chi connectivity index (χ1n) is 5.47. The van der Waals surface area contributed by atoms with E-state index >= 15 is 0 Å². The highest BCUT2D eigenvalue weighted by molar-refractivity contribution is 5.69. The first-order chi connectivity index (χ1) is 8.51. The van der Waals surface area contributed by atoms with Crippen molar-refractivity contribution >= 4 is 17.6 Å². The second-order valence-electron chi connectivity index (χ2n) is 4.35. The lowest BCUT2D eigenvalue weighted by atomic mass is 9.74. The molecule has 0 aromatic carbocycles. The average molecular weight is 252 g/mol. The van der Waals surface area contributed by atoms with Crippen molar-refractivity contribution in [2.45, 2.75) is 31.2 Å². The Balaban J connectivity index is 2.08. The Hall–Kier alpha value is -2.25. The van der Waals surface area contributed by atoms with Crippen molar-refractivity contribution in [3.05, 3.63) is 22.5 Å². The molecule has 0 radical (unpaired) electrons. The van der Waals surface area contributed by atoms with Crippen molar-refractivity contribution in [1.82, 2.24) is 9.97 Å². The van der Waals surface area contributed by atoms with Crippen LogP contribution in [0, 0.1) is 10.1 Å². The van der Waals surface area contributed by atoms with Crippen LogP contribution in [-0.2, 0) is 4.79 Å². The van der Waals surface area contributed by atoms with Crippen LogP contribution >= 0.6 is 0 Å². The molecule has 0 saturated heterocycles. The standard InChI is InChI=1S/C10H12N4O4/c15-8(16)4-10(2-1-3-10)13-9-11-5-7(6-12-9)14(17)18/h5-6H,1-4H2,(H,15,16)(H,11,12,13). The number of anilines is 1. The van der Waals surface area contributed by atoms with E-state index in [2.05, 4.69) is 15.3 Å². The largest absolute Gasteiger partial charge is 0.481 e. The summed E-state index contributed by atoms with van der Waals surface area (Å²) in [5.41, 5.74) is -0.705. The van der Waals surface area contributed by atoms with E-state index in [4.69, 9.17) is 5.11 Å². The lowest BCUT2D eigenvalue weighted by Crippen LogP contribution is -2.47. The van der Waals surface area contributed by atoms with E-state index < -0.39 is 16.4 Å². The summed E-state index contributed by atoms with van der Waals surface area (Å²) in [5.74, 6) is -0.661. The monoisotopic (exact) mass is 252 g/mol. The number of nitrogens with zero attached hydrogens (tertiary/aromatic N) is 3. The van der Waals surface area contributed by atoms with Gasteiger partial charge in [-0.3, -0.25) is 14.9 Å². The van der Waals surface area contributed by atoms with E-state index in [1.54, 1.807) is 0 Å². The van der Waals surface area contributed by atoms with Crippen molar-refractivity contribution in [2.24, 2.45) is 0 Å². The topological polar surface area (TPSA) is 118 Å². The normalized spacial score (nSPS) is 16.7. The summed E-state index contributed by atoms with van der Waals surface area (Å²) >= 11 is 0. The molecular formula is C10H12N4O4. The maximum Gasteiger partial charge on any atom is 0.305 e. The van der Waals surface area contributed by atoms with E-state index in [0.717, 1.165) is 31.7 Å². The molecule has 0 unspecified atom stereocenters. The van der Waals surface area contributed by atoms with Crippen LogP contribution in [0.1, 0.15) is 25.7 Å². The Morgan fingerprint density at radius 1 is 1.50 bits per heavy atom. The summed E-state index contributed by atoms with van der Waals surface area (Å²) in [6.07, 6.45) is 4.62. The molecule has 1 saturated carbocycles. The number of carboxylic acids is 1. The average Bonchev–Trinajstić information content (AvgIpc) is 2.26. The van der Waals surface area contributed by atoms with Gasteiger partial charge in [-0.05, 0) is 19.3 Å². The number of nitro groups is 1. The zero-order chi connectivity index (χ0) is 13.2. The van der Waals surface area contributed by atoms with Crippen LogP contribution in [0.5, 0.6) is 0 Å². The number of hydrogen-bond acceptors (Lipinski definition) is 6. The van der Waals surface area contributed by atoms with E-state index in [9.17, 15) is 14.9 Å². The van der Waals surface area contributed by atoms with Crippen LogP contribution < -0.4 is 5.32 Å². The van der Waals surface area contributed by atoms with Gasteiger partial charge < -0.3 is 10.4 Å². The molecule has 0 spiro atoms. The molecule has 0 atom stereocenters. The molecule has 8 nitrogen and oxygen atoms in total. The van der Waals surface area contributed by atoms with Crippen molar-refractivity contribution in [2.75, 3.05) is 5.32 Å². The summed E-state index contributed by atoms with van der Waals surface area (Å²) < 4.78 is 0. The predicted octanol–water partition coefficient (Wildman–Crippen LogP) is 1.19. The molecule has 96 valence electrons. The van der Waals surface area contributed by atoms with Gasteiger partial charge >= 0.3 is 11.7 Å². The number of hydrogen-bond donors (Lipinski definition) is 2. The molecule has 2 N–H and O–H groups in total. The van der Waals surface area contributed by atoms with Gasteiger partial charge in [-0.2, -0.15) is 0 Å². The first-order valence-corrected chi connectivity index (χ1v) is 5.47. The number of aromatic nitrogens is 2. The van der Waals surface area contributed by atoms with Crippen LogP contribution in [0.15, 0.2) is 12.4 Å². The van der Waals surface area contributed by atoms with Gasteiger partial charge in [-0.15, -0.1) is 0 Å². The molecule has 2 rings (SSSR count). The highest BCUT2D eigenvalue weighted by Crippen LogP contribution is 2.37. The number of carbonyl (C=O) groups is 1. The summed E-state index contributed by atoms with van der Waals surface area (Å²) in [6.45, 7) is 0.